The van der Waals surface area contributed by atoms with Crippen molar-refractivity contribution in [1.29, 1.82) is 0 Å². The molecule has 0 aromatic rings. The molecule has 0 radical (unpaired) electrons. The van der Waals surface area contributed by atoms with Gasteiger partial charge in [-0.2, -0.15) is 12.9 Å². The highest BCUT2D eigenvalue weighted by atomic mass is 31.3. The Labute approximate surface area is 199 Å². The van der Waals surface area contributed by atoms with Crippen molar-refractivity contribution in [1.82, 2.24) is 0 Å². The lowest BCUT2D eigenvalue weighted by Crippen LogP contribution is -2.34. The first-order valence-corrected chi connectivity index (χ1v) is 15.5. The number of phosphoric acid groups is 4. The van der Waals surface area contributed by atoms with E-state index in [-0.39, 0.29) is 0 Å². The van der Waals surface area contributed by atoms with Crippen LogP contribution in [0.4, 0.5) is 0 Å². The molecule has 2 rings (SSSR count). The Morgan fingerprint density at radius 1 is 0.571 bits per heavy atom. The second-order valence-corrected chi connectivity index (χ2v) is 13.7. The molecular weight excluding hydrogens is 570 g/mol. The summed E-state index contributed by atoms with van der Waals surface area (Å²) in [7, 11) is -20.4. The van der Waals surface area contributed by atoms with Crippen LogP contribution in [0.5, 0.6) is 0 Å². The number of hydrogen-bond acceptors (Lipinski definition) is 15. The molecule has 35 heavy (non-hydrogen) atoms. The van der Waals surface area contributed by atoms with Crippen LogP contribution in [-0.4, -0.2) is 118 Å². The van der Waals surface area contributed by atoms with E-state index in [1.807, 2.05) is 0 Å². The van der Waals surface area contributed by atoms with Crippen molar-refractivity contribution in [3.63, 3.8) is 0 Å². The highest BCUT2D eigenvalue weighted by molar-refractivity contribution is 7.69. The predicted molar refractivity (Wildman–Crippen MR) is 113 cm³/mol. The lowest BCUT2D eigenvalue weighted by atomic mass is 9.93. The topological polar surface area (TPSA) is 295 Å². The minimum atomic E-state index is -6.00. The van der Waals surface area contributed by atoms with Crippen LogP contribution < -0.4 is 0 Å². The lowest BCUT2D eigenvalue weighted by Gasteiger charge is -2.21. The fourth-order valence-corrected chi connectivity index (χ4v) is 7.90. The lowest BCUT2D eigenvalue weighted by molar-refractivity contribution is -0.00909. The van der Waals surface area contributed by atoms with Crippen molar-refractivity contribution in [2.45, 2.75) is 48.6 Å². The van der Waals surface area contributed by atoms with E-state index in [4.69, 9.17) is 9.47 Å². The highest BCUT2D eigenvalue weighted by Gasteiger charge is 2.48. The monoisotopic (exact) mass is 594 g/mol. The Kier molecular flexibility index (Phi) is 10.6. The molecular formula is C10H24B2O19P4. The van der Waals surface area contributed by atoms with Crippen LogP contribution in [0.1, 0.15) is 0 Å². The maximum Gasteiger partial charge on any atom is 0.490 e. The molecule has 2 aliphatic rings. The van der Waals surface area contributed by atoms with Gasteiger partial charge in [-0.05, 0) is 0 Å². The summed E-state index contributed by atoms with van der Waals surface area (Å²) in [6, 6.07) is -1.76. The molecule has 25 heteroatoms. The van der Waals surface area contributed by atoms with Gasteiger partial charge in [-0.1, -0.05) is 0 Å². The third-order valence-electron chi connectivity index (χ3n) is 4.63. The number of hydrogen-bond donors (Lipinski definition) is 8. The van der Waals surface area contributed by atoms with Gasteiger partial charge in [0.1, 0.15) is 52.3 Å². The number of ether oxygens (including phenoxy) is 2. The second kappa shape index (κ2) is 11.7. The standard InChI is InChI=1S/C10H24B2O19P4/c11-9-7(15)5(13)3(27-9)1-25-32(17,18)29-34(21,22)31-35(23,24)30-33(19,20)26-2-4-6(14)8(16)10(12)28-4/h3-10,13-16H,1-2,11-12H2,(H,17,18)(H,19,20)(H,21,22)(H,23,24)/t3-,4-,5+,6?,7?,8?,9-,10-/m1/s1. The van der Waals surface area contributed by atoms with Crippen LogP contribution in [0.15, 0.2) is 0 Å². The molecule has 12 atom stereocenters. The first kappa shape index (κ1) is 31.7. The van der Waals surface area contributed by atoms with Gasteiger partial charge in [-0.15, -0.1) is 0 Å². The summed E-state index contributed by atoms with van der Waals surface area (Å²) in [5, 5.41) is 38.5. The maximum atomic E-state index is 11.9. The summed E-state index contributed by atoms with van der Waals surface area (Å²) in [4.78, 5) is 38.0. The van der Waals surface area contributed by atoms with Crippen LogP contribution in [0.3, 0.4) is 0 Å². The molecule has 2 aliphatic heterocycles. The highest BCUT2D eigenvalue weighted by Crippen LogP contribution is 2.71. The zero-order valence-corrected chi connectivity index (χ0v) is 21.5. The summed E-state index contributed by atoms with van der Waals surface area (Å²) in [6.07, 6.45) is -8.51. The van der Waals surface area contributed by atoms with Crippen molar-refractivity contribution >= 4 is 47.0 Å². The molecule has 8 N–H and O–H groups in total. The minimum absolute atomic E-state index is 0.879. The molecule has 0 saturated carbocycles. The molecule has 0 spiro atoms. The van der Waals surface area contributed by atoms with Gasteiger partial charge in [0.2, 0.25) is 0 Å². The van der Waals surface area contributed by atoms with Gasteiger partial charge >= 0.3 is 31.3 Å². The Morgan fingerprint density at radius 2 is 0.857 bits per heavy atom. The Bertz CT molecular complexity index is 863. The van der Waals surface area contributed by atoms with Crippen molar-refractivity contribution in [2.75, 3.05) is 13.2 Å². The van der Waals surface area contributed by atoms with Crippen LogP contribution in [0, 0.1) is 0 Å². The van der Waals surface area contributed by atoms with E-state index in [9.17, 15) is 58.3 Å². The van der Waals surface area contributed by atoms with Gasteiger partial charge < -0.3 is 49.5 Å². The van der Waals surface area contributed by atoms with Crippen LogP contribution in [0.25, 0.3) is 0 Å². The average molecular weight is 594 g/mol. The smallest absolute Gasteiger partial charge is 0.388 e. The van der Waals surface area contributed by atoms with Crippen molar-refractivity contribution < 1.29 is 89.7 Å². The molecule has 0 aromatic carbocycles. The van der Waals surface area contributed by atoms with Gasteiger partial charge in [-0.25, -0.2) is 18.3 Å². The Hall–Kier alpha value is 0.450. The fourth-order valence-electron chi connectivity index (χ4n) is 2.95. The quantitative estimate of drug-likeness (QED) is 0.0782. The molecule has 2 heterocycles. The molecule has 0 aromatic heterocycles. The van der Waals surface area contributed by atoms with E-state index in [1.54, 1.807) is 0 Å². The molecule has 204 valence electrons. The Balaban J connectivity index is 1.89. The molecule has 19 nitrogen and oxygen atoms in total. The normalized spacial score (nSPS) is 40.5. The zero-order valence-electron chi connectivity index (χ0n) is 17.9. The van der Waals surface area contributed by atoms with Crippen molar-refractivity contribution in [3.8, 4) is 0 Å². The van der Waals surface area contributed by atoms with Crippen molar-refractivity contribution in [2.24, 2.45) is 0 Å². The SMILES string of the molecule is B[C@@H]1O[C@H](COP(=O)(O)OP(=O)(O)OP(=O)(O)OP(=O)(O)OC[C@H]2O[C@@H](B)C(O)[C@H]2O)C(O)C1O. The van der Waals surface area contributed by atoms with Crippen molar-refractivity contribution in [3.05, 3.63) is 0 Å². The number of phosphoric ester groups is 2. The average Bonchev–Trinajstić information content (AvgIpc) is 3.06. The largest absolute Gasteiger partial charge is 0.490 e. The Morgan fingerprint density at radius 3 is 1.11 bits per heavy atom. The summed E-state index contributed by atoms with van der Waals surface area (Å²) in [5.41, 5.74) is 0. The summed E-state index contributed by atoms with van der Waals surface area (Å²) in [6.45, 7) is -1.88. The third kappa shape index (κ3) is 9.30. The molecule has 2 fully saturated rings. The molecule has 2 saturated heterocycles. The second-order valence-electron chi connectivity index (χ2n) is 7.43. The number of aliphatic hydroxyl groups excluding tert-OH is 4. The predicted octanol–water partition coefficient (Wildman–Crippen LogP) is -4.37. The van der Waals surface area contributed by atoms with E-state index in [1.165, 1.54) is 15.7 Å². The first-order chi connectivity index (χ1) is 15.7. The van der Waals surface area contributed by atoms with Crippen LogP contribution in [0.2, 0.25) is 0 Å². The van der Waals surface area contributed by atoms with Gasteiger partial charge in [0.15, 0.2) is 0 Å². The van der Waals surface area contributed by atoms with Gasteiger partial charge in [-0.3, -0.25) is 9.05 Å². The molecule has 0 amide bonds. The van der Waals surface area contributed by atoms with E-state index in [0.29, 0.717) is 0 Å². The van der Waals surface area contributed by atoms with E-state index in [2.05, 4.69) is 22.0 Å². The van der Waals surface area contributed by atoms with E-state index >= 15 is 0 Å². The summed E-state index contributed by atoms with van der Waals surface area (Å²) in [5.74, 6) is 0. The van der Waals surface area contributed by atoms with Gasteiger partial charge in [0, 0.05) is 0 Å². The molecule has 0 aliphatic carbocycles. The van der Waals surface area contributed by atoms with Gasteiger partial charge in [0.25, 0.3) is 0 Å². The summed E-state index contributed by atoms with van der Waals surface area (Å²) >= 11 is 0. The maximum absolute atomic E-state index is 11.9. The van der Waals surface area contributed by atoms with Crippen LogP contribution in [-0.2, 0) is 49.7 Å². The van der Waals surface area contributed by atoms with E-state index < -0.39 is 93.1 Å². The number of rotatable bonds is 12. The number of aliphatic hydroxyl groups is 4. The minimum Gasteiger partial charge on any atom is -0.388 e. The molecule has 0 bridgehead atoms. The third-order valence-corrected chi connectivity index (χ3v) is 10.5. The first-order valence-electron chi connectivity index (χ1n) is 9.52. The molecule has 7 unspecified atom stereocenters. The van der Waals surface area contributed by atoms with E-state index in [0.717, 1.165) is 0 Å². The van der Waals surface area contributed by atoms with Gasteiger partial charge in [0.05, 0.1) is 25.2 Å². The zero-order chi connectivity index (χ0) is 27.0. The summed E-state index contributed by atoms with van der Waals surface area (Å²) < 4.78 is 77.4. The van der Waals surface area contributed by atoms with Crippen LogP contribution >= 0.6 is 31.3 Å². The fraction of sp³-hybridized carbons (Fsp3) is 1.00.